The van der Waals surface area contributed by atoms with Gasteiger partial charge in [-0.05, 0) is 18.9 Å². The number of benzene rings is 1. The van der Waals surface area contributed by atoms with Crippen molar-refractivity contribution in [2.24, 2.45) is 0 Å². The number of para-hydroxylation sites is 1. The van der Waals surface area contributed by atoms with E-state index in [0.717, 1.165) is 25.2 Å². The Morgan fingerprint density at radius 3 is 3.14 bits per heavy atom. The highest BCUT2D eigenvalue weighted by Gasteiger charge is 2.18. The summed E-state index contributed by atoms with van der Waals surface area (Å²) in [6.45, 7) is 0.791. The molecule has 76 valence electrons. The third-order valence-corrected chi connectivity index (χ3v) is 2.45. The molecule has 0 fully saturated rings. The minimum atomic E-state index is 0.249. The van der Waals surface area contributed by atoms with Crippen molar-refractivity contribution < 1.29 is 9.57 Å². The number of fused-ring (bicyclic) bond motifs is 1. The Hall–Kier alpha value is -1.06. The van der Waals surface area contributed by atoms with Crippen molar-refractivity contribution in [2.45, 2.75) is 18.9 Å². The fraction of sp³-hybridized carbons (Fsp3) is 0.455. The van der Waals surface area contributed by atoms with Crippen molar-refractivity contribution in [1.29, 1.82) is 0 Å². The van der Waals surface area contributed by atoms with Gasteiger partial charge in [0.05, 0.1) is 19.8 Å². The van der Waals surface area contributed by atoms with Gasteiger partial charge in [0, 0.05) is 5.56 Å². The third kappa shape index (κ3) is 1.89. The van der Waals surface area contributed by atoms with Crippen LogP contribution >= 0.6 is 0 Å². The molecule has 0 saturated carbocycles. The van der Waals surface area contributed by atoms with E-state index in [4.69, 9.17) is 9.57 Å². The van der Waals surface area contributed by atoms with E-state index in [0.29, 0.717) is 0 Å². The molecule has 0 spiro atoms. The van der Waals surface area contributed by atoms with Crippen LogP contribution < -0.4 is 10.2 Å². The Labute approximate surface area is 84.0 Å². The molecule has 0 unspecified atom stereocenters. The van der Waals surface area contributed by atoms with Crippen LogP contribution in [0.2, 0.25) is 0 Å². The molecule has 1 heterocycles. The summed E-state index contributed by atoms with van der Waals surface area (Å²) in [5.74, 6) is 0.972. The first-order valence-corrected chi connectivity index (χ1v) is 4.92. The summed E-state index contributed by atoms with van der Waals surface area (Å²) in [4.78, 5) is 4.99. The van der Waals surface area contributed by atoms with Crippen molar-refractivity contribution in [3.63, 3.8) is 0 Å². The van der Waals surface area contributed by atoms with Gasteiger partial charge in [-0.3, -0.25) is 0 Å². The first-order chi connectivity index (χ1) is 6.92. The van der Waals surface area contributed by atoms with Gasteiger partial charge in [0.1, 0.15) is 5.75 Å². The molecule has 3 nitrogen and oxygen atoms in total. The zero-order valence-corrected chi connectivity index (χ0v) is 8.32. The third-order valence-electron chi connectivity index (χ3n) is 2.45. The predicted molar refractivity (Wildman–Crippen MR) is 54.1 cm³/mol. The molecule has 2 rings (SSSR count). The lowest BCUT2D eigenvalue weighted by atomic mass is 10.0. The van der Waals surface area contributed by atoms with Crippen LogP contribution in [0.5, 0.6) is 5.75 Å². The minimum absolute atomic E-state index is 0.249. The average Bonchev–Trinajstić information content (AvgIpc) is 2.42. The highest BCUT2D eigenvalue weighted by atomic mass is 16.6. The second-order valence-electron chi connectivity index (χ2n) is 3.40. The molecule has 1 atom stereocenters. The van der Waals surface area contributed by atoms with Crippen molar-refractivity contribution >= 4 is 0 Å². The highest BCUT2D eigenvalue weighted by Crippen LogP contribution is 2.30. The topological polar surface area (TPSA) is 30.5 Å². The van der Waals surface area contributed by atoms with Gasteiger partial charge in [0.2, 0.25) is 0 Å². The van der Waals surface area contributed by atoms with E-state index in [9.17, 15) is 0 Å². The number of nitrogens with one attached hydrogen (secondary N) is 1. The smallest absolute Gasteiger partial charge is 0.124 e. The molecule has 0 bridgehead atoms. The molecule has 0 aliphatic carbocycles. The van der Waals surface area contributed by atoms with Gasteiger partial charge in [-0.1, -0.05) is 18.2 Å². The molecule has 3 heteroatoms. The maximum absolute atomic E-state index is 5.63. The number of ether oxygens (including phenoxy) is 1. The van der Waals surface area contributed by atoms with Gasteiger partial charge < -0.3 is 9.57 Å². The second-order valence-corrected chi connectivity index (χ2v) is 3.40. The Balaban J connectivity index is 2.27. The van der Waals surface area contributed by atoms with Gasteiger partial charge >= 0.3 is 0 Å². The van der Waals surface area contributed by atoms with Gasteiger partial charge in [-0.25, -0.2) is 0 Å². The maximum Gasteiger partial charge on any atom is 0.124 e. The molecule has 0 saturated heterocycles. The molecular weight excluding hydrogens is 178 g/mol. The molecule has 0 amide bonds. The van der Waals surface area contributed by atoms with Gasteiger partial charge in [-0.15, -0.1) is 0 Å². The van der Waals surface area contributed by atoms with Crippen molar-refractivity contribution in [1.82, 2.24) is 5.48 Å². The van der Waals surface area contributed by atoms with E-state index in [2.05, 4.69) is 11.5 Å². The number of hydrogen-bond acceptors (Lipinski definition) is 3. The lowest BCUT2D eigenvalue weighted by molar-refractivity contribution is 0.0580. The van der Waals surface area contributed by atoms with Crippen LogP contribution in [-0.4, -0.2) is 13.7 Å². The molecule has 0 radical (unpaired) electrons. The van der Waals surface area contributed by atoms with Crippen molar-refractivity contribution in [3.8, 4) is 5.75 Å². The van der Waals surface area contributed by atoms with Crippen LogP contribution in [-0.2, 0) is 4.84 Å². The zero-order chi connectivity index (χ0) is 9.80. The Morgan fingerprint density at radius 2 is 2.29 bits per heavy atom. The quantitative estimate of drug-likeness (QED) is 0.729. The van der Waals surface area contributed by atoms with E-state index < -0.39 is 0 Å². The standard InChI is InChI=1S/C11H15NO2/c1-13-12-10-6-4-8-14-11-7-3-2-5-9(10)11/h2-3,5,7,10,12H,4,6,8H2,1H3/t10-/m0/s1. The molecule has 1 aromatic rings. The Kier molecular flexibility index (Phi) is 3.01. The molecule has 14 heavy (non-hydrogen) atoms. The number of rotatable bonds is 2. The van der Waals surface area contributed by atoms with Crippen LogP contribution in [0.1, 0.15) is 24.4 Å². The lowest BCUT2D eigenvalue weighted by Gasteiger charge is -2.16. The minimum Gasteiger partial charge on any atom is -0.493 e. The lowest BCUT2D eigenvalue weighted by Crippen LogP contribution is -2.19. The van der Waals surface area contributed by atoms with Crippen LogP contribution in [0.15, 0.2) is 24.3 Å². The summed E-state index contributed by atoms with van der Waals surface area (Å²) < 4.78 is 5.63. The SMILES string of the molecule is CON[C@H]1CCCOc2ccccc21. The van der Waals surface area contributed by atoms with Crippen LogP contribution in [0.4, 0.5) is 0 Å². The van der Waals surface area contributed by atoms with Gasteiger partial charge in [-0.2, -0.15) is 5.48 Å². The Morgan fingerprint density at radius 1 is 1.43 bits per heavy atom. The summed E-state index contributed by atoms with van der Waals surface area (Å²) in [7, 11) is 1.65. The molecule has 1 aliphatic heterocycles. The first kappa shape index (κ1) is 9.49. The predicted octanol–water partition coefficient (Wildman–Crippen LogP) is 2.05. The van der Waals surface area contributed by atoms with Gasteiger partial charge in [0.15, 0.2) is 0 Å². The van der Waals surface area contributed by atoms with Crippen molar-refractivity contribution in [3.05, 3.63) is 29.8 Å². The summed E-state index contributed by atoms with van der Waals surface area (Å²) in [6, 6.07) is 8.35. The Bertz CT molecular complexity index is 301. The normalized spacial score (nSPS) is 20.8. The van der Waals surface area contributed by atoms with Crippen LogP contribution in [0.3, 0.4) is 0 Å². The fourth-order valence-electron chi connectivity index (χ4n) is 1.79. The summed E-state index contributed by atoms with van der Waals surface area (Å²) >= 11 is 0. The monoisotopic (exact) mass is 193 g/mol. The molecular formula is C11H15NO2. The summed E-state index contributed by atoms with van der Waals surface area (Å²) in [5, 5.41) is 0. The molecule has 1 aliphatic rings. The molecule has 1 aromatic carbocycles. The van der Waals surface area contributed by atoms with E-state index in [1.165, 1.54) is 5.56 Å². The summed E-state index contributed by atoms with van der Waals surface area (Å²) in [6.07, 6.45) is 2.10. The van der Waals surface area contributed by atoms with E-state index in [-0.39, 0.29) is 6.04 Å². The van der Waals surface area contributed by atoms with Gasteiger partial charge in [0.25, 0.3) is 0 Å². The summed E-state index contributed by atoms with van der Waals surface area (Å²) in [5.41, 5.74) is 4.19. The largest absolute Gasteiger partial charge is 0.493 e. The number of hydroxylamine groups is 1. The highest BCUT2D eigenvalue weighted by molar-refractivity contribution is 5.36. The maximum atomic E-state index is 5.63. The van der Waals surface area contributed by atoms with Crippen LogP contribution in [0.25, 0.3) is 0 Å². The van der Waals surface area contributed by atoms with Crippen LogP contribution in [0, 0.1) is 0 Å². The second kappa shape index (κ2) is 4.44. The zero-order valence-electron chi connectivity index (χ0n) is 8.32. The van der Waals surface area contributed by atoms with E-state index in [1.54, 1.807) is 7.11 Å². The van der Waals surface area contributed by atoms with E-state index >= 15 is 0 Å². The average molecular weight is 193 g/mol. The molecule has 1 N–H and O–H groups in total. The fourth-order valence-corrected chi connectivity index (χ4v) is 1.79. The molecule has 0 aromatic heterocycles. The van der Waals surface area contributed by atoms with E-state index in [1.807, 2.05) is 18.2 Å². The first-order valence-electron chi connectivity index (χ1n) is 4.92. The number of hydrogen-bond donors (Lipinski definition) is 1. The van der Waals surface area contributed by atoms with Crippen molar-refractivity contribution in [2.75, 3.05) is 13.7 Å².